The van der Waals surface area contributed by atoms with Gasteiger partial charge < -0.3 is 4.74 Å². The highest BCUT2D eigenvalue weighted by Gasteiger charge is 2.14. The zero-order valence-electron chi connectivity index (χ0n) is 12.6. The predicted molar refractivity (Wildman–Crippen MR) is 81.4 cm³/mol. The Morgan fingerprint density at radius 3 is 2.90 bits per heavy atom. The molecule has 1 heterocycles. The number of rotatable bonds is 5. The molecule has 0 radical (unpaired) electrons. The van der Waals surface area contributed by atoms with Crippen molar-refractivity contribution in [2.75, 3.05) is 26.2 Å². The van der Waals surface area contributed by atoms with Crippen LogP contribution in [0.3, 0.4) is 0 Å². The van der Waals surface area contributed by atoms with Crippen LogP contribution in [0.5, 0.6) is 5.75 Å². The van der Waals surface area contributed by atoms with Crippen molar-refractivity contribution in [1.29, 1.82) is 0 Å². The molecular formula is C17H25NO2. The molecule has 1 saturated heterocycles. The fourth-order valence-electron chi connectivity index (χ4n) is 2.71. The Labute approximate surface area is 121 Å². The third-order valence-electron chi connectivity index (χ3n) is 4.04. The van der Waals surface area contributed by atoms with Gasteiger partial charge in [-0.15, -0.1) is 0 Å². The third kappa shape index (κ3) is 4.34. The maximum Gasteiger partial charge on any atom is 0.163 e. The number of ketones is 1. The molecule has 1 fully saturated rings. The van der Waals surface area contributed by atoms with Gasteiger partial charge in [-0.05, 0) is 57.3 Å². The first-order valence-electron chi connectivity index (χ1n) is 7.62. The highest BCUT2D eigenvalue weighted by atomic mass is 16.5. The molecule has 0 bridgehead atoms. The first-order chi connectivity index (χ1) is 9.66. The minimum atomic E-state index is 0.0594. The van der Waals surface area contributed by atoms with E-state index in [9.17, 15) is 4.79 Å². The van der Waals surface area contributed by atoms with E-state index in [1.165, 1.54) is 32.4 Å². The summed E-state index contributed by atoms with van der Waals surface area (Å²) in [6, 6.07) is 7.49. The van der Waals surface area contributed by atoms with Crippen LogP contribution in [0.2, 0.25) is 0 Å². The largest absolute Gasteiger partial charge is 0.491 e. The van der Waals surface area contributed by atoms with E-state index >= 15 is 0 Å². The van der Waals surface area contributed by atoms with Crippen LogP contribution in [-0.4, -0.2) is 36.9 Å². The Hall–Kier alpha value is -1.35. The molecule has 1 unspecified atom stereocenters. The summed E-state index contributed by atoms with van der Waals surface area (Å²) in [7, 11) is 0. The Bertz CT molecular complexity index is 444. The van der Waals surface area contributed by atoms with Gasteiger partial charge in [0, 0.05) is 6.54 Å². The molecule has 3 heteroatoms. The monoisotopic (exact) mass is 275 g/mol. The Morgan fingerprint density at radius 2 is 2.10 bits per heavy atom. The van der Waals surface area contributed by atoms with Crippen LogP contribution in [-0.2, 0) is 0 Å². The van der Waals surface area contributed by atoms with E-state index in [0.717, 1.165) is 12.5 Å². The second-order valence-electron chi connectivity index (χ2n) is 5.78. The molecule has 1 aliphatic heterocycles. The lowest BCUT2D eigenvalue weighted by atomic mass is 10.0. The maximum absolute atomic E-state index is 11.5. The summed E-state index contributed by atoms with van der Waals surface area (Å²) >= 11 is 0. The van der Waals surface area contributed by atoms with E-state index in [-0.39, 0.29) is 5.78 Å². The summed E-state index contributed by atoms with van der Waals surface area (Å²) in [5, 5.41) is 0. The zero-order valence-corrected chi connectivity index (χ0v) is 12.6. The second-order valence-corrected chi connectivity index (χ2v) is 5.78. The molecule has 3 nitrogen and oxygen atoms in total. The van der Waals surface area contributed by atoms with E-state index in [4.69, 9.17) is 4.74 Å². The lowest BCUT2D eigenvalue weighted by Crippen LogP contribution is -2.29. The van der Waals surface area contributed by atoms with E-state index in [1.54, 1.807) is 6.92 Å². The molecule has 0 aliphatic carbocycles. The van der Waals surface area contributed by atoms with Crippen molar-refractivity contribution >= 4 is 5.78 Å². The van der Waals surface area contributed by atoms with Crippen molar-refractivity contribution in [2.45, 2.75) is 33.1 Å². The van der Waals surface area contributed by atoms with E-state index < -0.39 is 0 Å². The third-order valence-corrected chi connectivity index (χ3v) is 4.04. The van der Waals surface area contributed by atoms with E-state index in [1.807, 2.05) is 24.3 Å². The number of carbonyl (C=O) groups excluding carboxylic acids is 1. The van der Waals surface area contributed by atoms with Crippen molar-refractivity contribution < 1.29 is 9.53 Å². The zero-order chi connectivity index (χ0) is 14.4. The normalized spacial score (nSPS) is 20.4. The van der Waals surface area contributed by atoms with Gasteiger partial charge in [-0.25, -0.2) is 0 Å². The smallest absolute Gasteiger partial charge is 0.163 e. The first-order valence-corrected chi connectivity index (χ1v) is 7.62. The molecule has 1 atom stereocenters. The summed E-state index contributed by atoms with van der Waals surface area (Å²) in [5.41, 5.74) is 0.678. The first kappa shape index (κ1) is 15.0. The molecule has 0 saturated carbocycles. The quantitative estimate of drug-likeness (QED) is 0.771. The second kappa shape index (κ2) is 7.44. The van der Waals surface area contributed by atoms with Crippen LogP contribution in [0.15, 0.2) is 24.3 Å². The summed E-state index contributed by atoms with van der Waals surface area (Å²) in [4.78, 5) is 14.0. The number of carbonyl (C=O) groups is 1. The SMILES string of the molecule is CC(=O)c1ccccc1OCCN1CCCC(C)CC1. The van der Waals surface area contributed by atoms with Crippen LogP contribution in [0, 0.1) is 5.92 Å². The molecule has 1 aromatic carbocycles. The summed E-state index contributed by atoms with van der Waals surface area (Å²) in [6.07, 6.45) is 3.90. The minimum absolute atomic E-state index is 0.0594. The highest BCUT2D eigenvalue weighted by Crippen LogP contribution is 2.19. The number of hydrogen-bond acceptors (Lipinski definition) is 3. The number of nitrogens with zero attached hydrogens (tertiary/aromatic N) is 1. The van der Waals surface area contributed by atoms with Gasteiger partial charge in [-0.2, -0.15) is 0 Å². The number of benzene rings is 1. The summed E-state index contributed by atoms with van der Waals surface area (Å²) in [5.74, 6) is 1.62. The maximum atomic E-state index is 11.5. The molecule has 20 heavy (non-hydrogen) atoms. The number of likely N-dealkylation sites (tertiary alicyclic amines) is 1. The molecule has 0 N–H and O–H groups in total. The Balaban J connectivity index is 1.82. The van der Waals surface area contributed by atoms with Crippen molar-refractivity contribution in [3.63, 3.8) is 0 Å². The highest BCUT2D eigenvalue weighted by molar-refractivity contribution is 5.96. The van der Waals surface area contributed by atoms with Crippen LogP contribution >= 0.6 is 0 Å². The topological polar surface area (TPSA) is 29.5 Å². The van der Waals surface area contributed by atoms with Crippen molar-refractivity contribution in [1.82, 2.24) is 4.90 Å². The Kier molecular flexibility index (Phi) is 5.60. The molecule has 1 aromatic rings. The van der Waals surface area contributed by atoms with Crippen LogP contribution in [0.25, 0.3) is 0 Å². The number of para-hydroxylation sites is 1. The van der Waals surface area contributed by atoms with Crippen LogP contribution in [0.1, 0.15) is 43.5 Å². The van der Waals surface area contributed by atoms with Gasteiger partial charge in [0.1, 0.15) is 12.4 Å². The predicted octanol–water partition coefficient (Wildman–Crippen LogP) is 3.39. The molecule has 0 spiro atoms. The molecule has 0 amide bonds. The fraction of sp³-hybridized carbons (Fsp3) is 0.588. The van der Waals surface area contributed by atoms with Gasteiger partial charge in [-0.1, -0.05) is 19.1 Å². The lowest BCUT2D eigenvalue weighted by molar-refractivity contribution is 0.101. The van der Waals surface area contributed by atoms with Gasteiger partial charge in [0.05, 0.1) is 5.56 Å². The molecule has 0 aromatic heterocycles. The average Bonchev–Trinajstić information content (AvgIpc) is 2.64. The number of ether oxygens (including phenoxy) is 1. The number of hydrogen-bond donors (Lipinski definition) is 0. The van der Waals surface area contributed by atoms with Crippen LogP contribution < -0.4 is 4.74 Å². The van der Waals surface area contributed by atoms with Crippen molar-refractivity contribution in [3.8, 4) is 5.75 Å². The molecule has 2 rings (SSSR count). The van der Waals surface area contributed by atoms with Gasteiger partial charge in [0.2, 0.25) is 0 Å². The van der Waals surface area contributed by atoms with Gasteiger partial charge in [-0.3, -0.25) is 9.69 Å². The molecule has 1 aliphatic rings. The average molecular weight is 275 g/mol. The Morgan fingerprint density at radius 1 is 1.30 bits per heavy atom. The summed E-state index contributed by atoms with van der Waals surface area (Å²) in [6.45, 7) is 7.85. The summed E-state index contributed by atoms with van der Waals surface area (Å²) < 4.78 is 5.81. The van der Waals surface area contributed by atoms with Crippen molar-refractivity contribution in [3.05, 3.63) is 29.8 Å². The van der Waals surface area contributed by atoms with Crippen LogP contribution in [0.4, 0.5) is 0 Å². The van der Waals surface area contributed by atoms with Gasteiger partial charge in [0.15, 0.2) is 5.78 Å². The van der Waals surface area contributed by atoms with E-state index in [0.29, 0.717) is 17.9 Å². The van der Waals surface area contributed by atoms with Gasteiger partial charge >= 0.3 is 0 Å². The van der Waals surface area contributed by atoms with E-state index in [2.05, 4.69) is 11.8 Å². The fourth-order valence-corrected chi connectivity index (χ4v) is 2.71. The van der Waals surface area contributed by atoms with Crippen molar-refractivity contribution in [2.24, 2.45) is 5.92 Å². The standard InChI is InChI=1S/C17H25NO2/c1-14-6-5-10-18(11-9-14)12-13-20-17-8-4-3-7-16(17)15(2)19/h3-4,7-8,14H,5-6,9-13H2,1-2H3. The van der Waals surface area contributed by atoms with Gasteiger partial charge in [0.25, 0.3) is 0 Å². The minimum Gasteiger partial charge on any atom is -0.491 e. The molecular weight excluding hydrogens is 250 g/mol. The lowest BCUT2D eigenvalue weighted by Gasteiger charge is -2.20. The molecule has 110 valence electrons. The number of Topliss-reactive ketones (excluding diaryl/α,β-unsaturated/α-hetero) is 1.